The van der Waals surface area contributed by atoms with Gasteiger partial charge >= 0.3 is 11.9 Å². The van der Waals surface area contributed by atoms with Crippen LogP contribution in [0, 0.1) is 24.7 Å². The van der Waals surface area contributed by atoms with Gasteiger partial charge in [-0.25, -0.2) is 9.98 Å². The average Bonchev–Trinajstić information content (AvgIpc) is 3.65. The topological polar surface area (TPSA) is 120 Å². The molecule has 0 radical (unpaired) electrons. The molecule has 16 heteroatoms. The van der Waals surface area contributed by atoms with Crippen molar-refractivity contribution in [2.75, 3.05) is 72.6 Å². The summed E-state index contributed by atoms with van der Waals surface area (Å²) in [4.78, 5) is 42.4. The number of aliphatic imine (C=N–C) groups is 2. The lowest BCUT2D eigenvalue weighted by atomic mass is 9.92. The minimum atomic E-state index is -0.769. The molecule has 4 aliphatic rings. The molecular formula is C43H50Cl2N6O6S2. The van der Waals surface area contributed by atoms with Gasteiger partial charge < -0.3 is 29.1 Å². The number of aryl methyl sites for hydroxylation is 2. The number of carboxylic acid groups (broad SMARTS) is 1. The van der Waals surface area contributed by atoms with Crippen LogP contribution in [0.1, 0.15) is 49.9 Å². The summed E-state index contributed by atoms with van der Waals surface area (Å²) in [5.74, 6) is 2.30. The molecule has 4 aliphatic heterocycles. The number of fused-ring (bicyclic) bond motifs is 4. The number of thiophene rings is 2. The SMILES string of the molecule is COC(=O)C(C)(C)CN1CCN(C2=Nc3ccc(C)cc3Oc3sc(Cl)cc32)CC1.Cc1ccc2c(c1)Oc1sc(Cl)cc1C(N1CCN(CC(C)(C)C(=O)O)CC1)=N2. The first-order valence-electron chi connectivity index (χ1n) is 19.6. The number of carbonyl (C=O) groups excluding carboxylic acids is 1. The summed E-state index contributed by atoms with van der Waals surface area (Å²) in [6.07, 6.45) is 0. The number of aliphatic carboxylic acids is 1. The van der Waals surface area contributed by atoms with Crippen molar-refractivity contribution in [3.05, 3.63) is 79.5 Å². The van der Waals surface area contributed by atoms with Crippen LogP contribution in [0.15, 0.2) is 58.5 Å². The number of methoxy groups -OCH3 is 1. The zero-order valence-corrected chi connectivity index (χ0v) is 37.6. The second-order valence-electron chi connectivity index (χ2n) is 16.6. The molecule has 59 heavy (non-hydrogen) atoms. The molecular weight excluding hydrogens is 832 g/mol. The summed E-state index contributed by atoms with van der Waals surface area (Å²) in [5.41, 5.74) is 4.41. The molecule has 0 aliphatic carbocycles. The highest BCUT2D eigenvalue weighted by molar-refractivity contribution is 7.18. The fourth-order valence-corrected chi connectivity index (χ4v) is 9.67. The third kappa shape index (κ3) is 9.74. The Morgan fingerprint density at radius 3 is 1.49 bits per heavy atom. The number of hydrogen-bond acceptors (Lipinski definition) is 13. The smallest absolute Gasteiger partial charge is 0.312 e. The summed E-state index contributed by atoms with van der Waals surface area (Å²) in [5, 5.41) is 10.9. The Morgan fingerprint density at radius 1 is 0.695 bits per heavy atom. The summed E-state index contributed by atoms with van der Waals surface area (Å²) in [7, 11) is 1.44. The molecule has 12 nitrogen and oxygen atoms in total. The predicted molar refractivity (Wildman–Crippen MR) is 237 cm³/mol. The van der Waals surface area contributed by atoms with Crippen LogP contribution in [0.25, 0.3) is 0 Å². The Morgan fingerprint density at radius 2 is 1.10 bits per heavy atom. The van der Waals surface area contributed by atoms with E-state index >= 15 is 0 Å². The maximum Gasteiger partial charge on any atom is 0.312 e. The Hall–Kier alpha value is -4.18. The van der Waals surface area contributed by atoms with Crippen LogP contribution in [-0.4, -0.2) is 121 Å². The van der Waals surface area contributed by atoms with Crippen LogP contribution < -0.4 is 9.47 Å². The summed E-state index contributed by atoms with van der Waals surface area (Å²) < 4.78 is 18.6. The standard InChI is InChI=1S/C22H26ClN3O3S.C21H24ClN3O3S/c1-14-5-6-16-17(11-14)29-20-15(12-18(23)30-20)19(24-16)26-9-7-25(8-10-26)13-22(2,3)21(27)28-4;1-13-4-5-15-16(10-13)28-19-14(11-17(22)29-19)18(23-15)25-8-6-24(7-9-25)12-21(2,3)20(26)27/h5-6,11-12H,7-10,13H2,1-4H3;4-5,10-11H,6-9,12H2,1-3H3,(H,26,27). The first kappa shape index (κ1) is 42.9. The number of halogens is 2. The van der Waals surface area contributed by atoms with Crippen molar-refractivity contribution < 1.29 is 28.9 Å². The Kier molecular flexibility index (Phi) is 12.7. The molecule has 0 bridgehead atoms. The number of carbonyl (C=O) groups is 2. The highest BCUT2D eigenvalue weighted by Crippen LogP contribution is 2.46. The summed E-state index contributed by atoms with van der Waals surface area (Å²) in [6, 6.07) is 15.9. The highest BCUT2D eigenvalue weighted by atomic mass is 35.5. The molecule has 2 saturated heterocycles. The van der Waals surface area contributed by atoms with E-state index in [1.807, 2.05) is 76.2 Å². The van der Waals surface area contributed by atoms with Crippen LogP contribution in [0.5, 0.6) is 21.6 Å². The average molecular weight is 882 g/mol. The highest BCUT2D eigenvalue weighted by Gasteiger charge is 2.35. The van der Waals surface area contributed by atoms with Crippen molar-refractivity contribution in [1.82, 2.24) is 19.6 Å². The molecule has 6 heterocycles. The Balaban J connectivity index is 0.000000179. The van der Waals surface area contributed by atoms with Crippen molar-refractivity contribution in [3.8, 4) is 21.6 Å². The van der Waals surface area contributed by atoms with Crippen LogP contribution >= 0.6 is 45.9 Å². The molecule has 0 spiro atoms. The largest absolute Gasteiger partial charge is 0.481 e. The quantitative estimate of drug-likeness (QED) is 0.188. The minimum absolute atomic E-state index is 0.181. The van der Waals surface area contributed by atoms with E-state index in [-0.39, 0.29) is 5.97 Å². The van der Waals surface area contributed by atoms with Gasteiger partial charge in [0.2, 0.25) is 0 Å². The third-order valence-corrected chi connectivity index (χ3v) is 13.1. The van der Waals surface area contributed by atoms with Gasteiger partial charge in [-0.1, -0.05) is 58.0 Å². The van der Waals surface area contributed by atoms with E-state index in [4.69, 9.17) is 47.4 Å². The van der Waals surface area contributed by atoms with Crippen LogP contribution in [0.4, 0.5) is 11.4 Å². The van der Waals surface area contributed by atoms with Crippen LogP contribution in [0.3, 0.4) is 0 Å². The van der Waals surface area contributed by atoms with Crippen molar-refractivity contribution in [3.63, 3.8) is 0 Å². The minimum Gasteiger partial charge on any atom is -0.481 e. The van der Waals surface area contributed by atoms with Crippen LogP contribution in [0.2, 0.25) is 8.67 Å². The molecule has 0 atom stereocenters. The lowest BCUT2D eigenvalue weighted by molar-refractivity contribution is -0.152. The molecule has 314 valence electrons. The molecule has 0 unspecified atom stereocenters. The maximum absolute atomic E-state index is 12.0. The van der Waals surface area contributed by atoms with Gasteiger partial charge in [-0.15, -0.1) is 0 Å². The van der Waals surface area contributed by atoms with E-state index in [0.717, 1.165) is 119 Å². The van der Waals surface area contributed by atoms with Gasteiger partial charge in [0.05, 0.1) is 37.7 Å². The monoisotopic (exact) mass is 880 g/mol. The van der Waals surface area contributed by atoms with Gasteiger partial charge in [0.1, 0.15) is 23.0 Å². The molecule has 2 aromatic heterocycles. The van der Waals surface area contributed by atoms with Crippen molar-refractivity contribution >= 4 is 80.9 Å². The second kappa shape index (κ2) is 17.4. The molecule has 8 rings (SSSR count). The zero-order valence-electron chi connectivity index (χ0n) is 34.4. The van der Waals surface area contributed by atoms with Crippen molar-refractivity contribution in [1.29, 1.82) is 0 Å². The van der Waals surface area contributed by atoms with E-state index in [9.17, 15) is 14.7 Å². The number of esters is 1. The summed E-state index contributed by atoms with van der Waals surface area (Å²) >= 11 is 15.5. The van der Waals surface area contributed by atoms with E-state index in [0.29, 0.717) is 21.8 Å². The van der Waals surface area contributed by atoms with E-state index in [1.54, 1.807) is 13.8 Å². The number of amidine groups is 2. The van der Waals surface area contributed by atoms with E-state index in [1.165, 1.54) is 29.8 Å². The predicted octanol–water partition coefficient (Wildman–Crippen LogP) is 9.33. The number of benzene rings is 2. The van der Waals surface area contributed by atoms with Crippen LogP contribution in [-0.2, 0) is 14.3 Å². The number of ether oxygens (including phenoxy) is 3. The first-order valence-corrected chi connectivity index (χ1v) is 22.0. The van der Waals surface area contributed by atoms with Crippen molar-refractivity contribution in [2.24, 2.45) is 20.8 Å². The van der Waals surface area contributed by atoms with Gasteiger partial charge in [-0.05, 0) is 89.1 Å². The molecule has 1 N–H and O–H groups in total. The number of carboxylic acids is 1. The fourth-order valence-electron chi connectivity index (χ4n) is 7.54. The number of rotatable bonds is 6. The van der Waals surface area contributed by atoms with Gasteiger partial charge in [-0.2, -0.15) is 0 Å². The normalized spacial score (nSPS) is 17.0. The van der Waals surface area contributed by atoms with Gasteiger partial charge in [-0.3, -0.25) is 19.4 Å². The Bertz CT molecular complexity index is 2290. The van der Waals surface area contributed by atoms with Crippen molar-refractivity contribution in [2.45, 2.75) is 41.5 Å². The van der Waals surface area contributed by atoms with Gasteiger partial charge in [0.25, 0.3) is 0 Å². The lowest BCUT2D eigenvalue weighted by Crippen LogP contribution is -2.52. The molecule has 2 fully saturated rings. The Labute approximate surface area is 363 Å². The molecule has 0 amide bonds. The lowest BCUT2D eigenvalue weighted by Gasteiger charge is -2.39. The third-order valence-electron chi connectivity index (χ3n) is 10.8. The number of hydrogen-bond donors (Lipinski definition) is 1. The number of piperazine rings is 2. The summed E-state index contributed by atoms with van der Waals surface area (Å²) in [6.45, 7) is 19.1. The first-order chi connectivity index (χ1) is 28.0. The fraction of sp³-hybridized carbons (Fsp3) is 0.442. The molecule has 0 saturated carbocycles. The van der Waals surface area contributed by atoms with E-state index < -0.39 is 16.8 Å². The zero-order chi connectivity index (χ0) is 42.2. The molecule has 2 aromatic carbocycles. The maximum atomic E-state index is 12.0. The van der Waals surface area contributed by atoms with Gasteiger partial charge in [0, 0.05) is 65.4 Å². The molecule has 4 aromatic rings. The van der Waals surface area contributed by atoms with E-state index in [2.05, 4.69) is 19.6 Å². The number of nitrogens with zero attached hydrogens (tertiary/aromatic N) is 6. The van der Waals surface area contributed by atoms with Gasteiger partial charge in [0.15, 0.2) is 21.6 Å². The second-order valence-corrected chi connectivity index (χ2v) is 19.9.